The molecule has 3 rings (SSSR count). The summed E-state index contributed by atoms with van der Waals surface area (Å²) in [6, 6.07) is 9.26. The summed E-state index contributed by atoms with van der Waals surface area (Å²) < 4.78 is 6.59. The van der Waals surface area contributed by atoms with Crippen molar-refractivity contribution in [2.24, 2.45) is 5.16 Å². The Bertz CT molecular complexity index is 798. The van der Waals surface area contributed by atoms with E-state index >= 15 is 0 Å². The van der Waals surface area contributed by atoms with E-state index < -0.39 is 5.97 Å². The Balaban J connectivity index is 2.07. The van der Waals surface area contributed by atoms with E-state index in [1.165, 1.54) is 6.92 Å². The van der Waals surface area contributed by atoms with Crippen molar-refractivity contribution >= 4 is 44.2 Å². The van der Waals surface area contributed by atoms with E-state index in [0.717, 1.165) is 15.2 Å². The van der Waals surface area contributed by atoms with Crippen LogP contribution in [0, 0.1) is 0 Å². The minimum absolute atomic E-state index is 0.0196. The highest BCUT2D eigenvalue weighted by Crippen LogP contribution is 2.34. The Morgan fingerprint density at radius 1 is 1.33 bits per heavy atom. The highest BCUT2D eigenvalue weighted by molar-refractivity contribution is 9.10. The molecule has 0 aromatic heterocycles. The fourth-order valence-corrected chi connectivity index (χ4v) is 2.53. The Kier molecular flexibility index (Phi) is 3.47. The van der Waals surface area contributed by atoms with E-state index in [1.807, 2.05) is 24.3 Å². The van der Waals surface area contributed by atoms with E-state index in [0.29, 0.717) is 11.3 Å². The number of halogens is 1. The van der Waals surface area contributed by atoms with Crippen molar-refractivity contribution < 1.29 is 19.2 Å². The van der Waals surface area contributed by atoms with Gasteiger partial charge in [-0.15, -0.1) is 0 Å². The van der Waals surface area contributed by atoms with Gasteiger partial charge in [-0.2, -0.15) is 0 Å². The lowest BCUT2D eigenvalue weighted by atomic mass is 9.98. The zero-order valence-corrected chi connectivity index (χ0v) is 12.6. The molecule has 0 saturated carbocycles. The van der Waals surface area contributed by atoms with Crippen LogP contribution in [-0.2, 0) is 9.63 Å². The number of fused-ring (bicyclic) bond motifs is 3. The number of nitrogens with zero attached hydrogens (tertiary/aromatic N) is 1. The van der Waals surface area contributed by atoms with Crippen LogP contribution in [0.4, 0.5) is 0 Å². The average molecular weight is 348 g/mol. The van der Waals surface area contributed by atoms with Gasteiger partial charge in [0.05, 0.1) is 5.56 Å². The molecular formula is C15H10BrNO4. The van der Waals surface area contributed by atoms with Gasteiger partial charge in [0, 0.05) is 16.8 Å². The third kappa shape index (κ3) is 2.54. The lowest BCUT2D eigenvalue weighted by Crippen LogP contribution is -2.28. The van der Waals surface area contributed by atoms with Gasteiger partial charge in [0.1, 0.15) is 12.4 Å². The van der Waals surface area contributed by atoms with Gasteiger partial charge in [0.2, 0.25) is 5.78 Å². The van der Waals surface area contributed by atoms with Crippen molar-refractivity contribution in [3.8, 4) is 5.75 Å². The van der Waals surface area contributed by atoms with Gasteiger partial charge in [0.25, 0.3) is 0 Å². The van der Waals surface area contributed by atoms with Crippen molar-refractivity contribution in [2.75, 3.05) is 6.61 Å². The van der Waals surface area contributed by atoms with E-state index in [2.05, 4.69) is 25.9 Å². The third-order valence-electron chi connectivity index (χ3n) is 3.08. The summed E-state index contributed by atoms with van der Waals surface area (Å²) in [6.45, 7) is 1.20. The molecule has 0 saturated heterocycles. The molecule has 0 amide bonds. The molecule has 0 radical (unpaired) electrons. The van der Waals surface area contributed by atoms with Gasteiger partial charge >= 0.3 is 5.97 Å². The van der Waals surface area contributed by atoms with Crippen molar-refractivity contribution in [2.45, 2.75) is 6.92 Å². The monoisotopic (exact) mass is 347 g/mol. The molecule has 2 aromatic carbocycles. The van der Waals surface area contributed by atoms with Gasteiger partial charge in [-0.25, -0.2) is 4.79 Å². The Labute approximate surface area is 128 Å². The lowest BCUT2D eigenvalue weighted by molar-refractivity contribution is -0.140. The summed E-state index contributed by atoms with van der Waals surface area (Å²) in [4.78, 5) is 27.6. The van der Waals surface area contributed by atoms with Gasteiger partial charge < -0.3 is 9.57 Å². The van der Waals surface area contributed by atoms with Gasteiger partial charge in [-0.3, -0.25) is 4.79 Å². The molecular weight excluding hydrogens is 338 g/mol. The summed E-state index contributed by atoms with van der Waals surface area (Å²) >= 11 is 3.41. The number of carbonyl (C=O) groups is 2. The molecule has 5 nitrogen and oxygen atoms in total. The fourth-order valence-electron chi connectivity index (χ4n) is 2.16. The maximum atomic E-state index is 12.3. The molecule has 1 aliphatic rings. The van der Waals surface area contributed by atoms with Crippen LogP contribution in [0.2, 0.25) is 0 Å². The standard InChI is InChI=1S/C15H10BrNO4/c1-8(18)21-17-13-7-20-15-11-5-3-10(16)6-9(11)2-4-12(15)14(13)19/h2-6H,7H2,1H3/b17-13+. The molecule has 1 heterocycles. The highest BCUT2D eigenvalue weighted by Gasteiger charge is 2.27. The number of rotatable bonds is 1. The predicted molar refractivity (Wildman–Crippen MR) is 80.7 cm³/mol. The Hall–Kier alpha value is -2.21. The maximum absolute atomic E-state index is 12.3. The summed E-state index contributed by atoms with van der Waals surface area (Å²) in [7, 11) is 0. The SMILES string of the molecule is CC(=O)O/N=C1\COc2c(ccc3cc(Br)ccc23)C1=O. The third-order valence-corrected chi connectivity index (χ3v) is 3.57. The molecule has 2 aromatic rings. The lowest BCUT2D eigenvalue weighted by Gasteiger charge is -2.19. The molecule has 0 aliphatic carbocycles. The van der Waals surface area contributed by atoms with Gasteiger partial charge in [-0.05, 0) is 29.7 Å². The van der Waals surface area contributed by atoms with Crippen molar-refractivity contribution in [3.63, 3.8) is 0 Å². The van der Waals surface area contributed by atoms with E-state index in [-0.39, 0.29) is 18.1 Å². The largest absolute Gasteiger partial charge is 0.486 e. The van der Waals surface area contributed by atoms with Gasteiger partial charge in [-0.1, -0.05) is 27.2 Å². The second-order valence-corrected chi connectivity index (χ2v) is 5.46. The highest BCUT2D eigenvalue weighted by atomic mass is 79.9. The van der Waals surface area contributed by atoms with Crippen LogP contribution in [0.15, 0.2) is 40.0 Å². The number of hydrogen-bond donors (Lipinski definition) is 0. The first-order valence-electron chi connectivity index (χ1n) is 6.20. The topological polar surface area (TPSA) is 65.0 Å². The van der Waals surface area contributed by atoms with E-state index in [1.54, 1.807) is 6.07 Å². The van der Waals surface area contributed by atoms with Crippen LogP contribution in [0.25, 0.3) is 10.8 Å². The number of carbonyl (C=O) groups excluding carboxylic acids is 2. The van der Waals surface area contributed by atoms with Crippen molar-refractivity contribution in [3.05, 3.63) is 40.4 Å². The number of benzene rings is 2. The molecule has 0 unspecified atom stereocenters. The second-order valence-electron chi connectivity index (χ2n) is 4.55. The number of hydrogen-bond acceptors (Lipinski definition) is 5. The van der Waals surface area contributed by atoms with E-state index in [4.69, 9.17) is 4.74 Å². The number of oxime groups is 1. The quantitative estimate of drug-likeness (QED) is 0.587. The van der Waals surface area contributed by atoms with Crippen LogP contribution in [0.3, 0.4) is 0 Å². The first-order valence-corrected chi connectivity index (χ1v) is 7.00. The van der Waals surface area contributed by atoms with Crippen molar-refractivity contribution in [1.82, 2.24) is 0 Å². The van der Waals surface area contributed by atoms with Crippen LogP contribution >= 0.6 is 15.9 Å². The molecule has 0 fully saturated rings. The zero-order valence-electron chi connectivity index (χ0n) is 11.1. The van der Waals surface area contributed by atoms with Crippen molar-refractivity contribution in [1.29, 1.82) is 0 Å². The smallest absolute Gasteiger partial charge is 0.331 e. The van der Waals surface area contributed by atoms with E-state index in [9.17, 15) is 9.59 Å². The number of ether oxygens (including phenoxy) is 1. The molecule has 21 heavy (non-hydrogen) atoms. The Morgan fingerprint density at radius 3 is 2.90 bits per heavy atom. The molecule has 0 spiro atoms. The predicted octanol–water partition coefficient (Wildman–Crippen LogP) is 3.10. The molecule has 0 N–H and O–H groups in total. The van der Waals surface area contributed by atoms with Crippen LogP contribution < -0.4 is 4.74 Å². The van der Waals surface area contributed by atoms with Gasteiger partial charge in [0.15, 0.2) is 5.71 Å². The summed E-state index contributed by atoms with van der Waals surface area (Å²) in [6.07, 6.45) is 0. The summed E-state index contributed by atoms with van der Waals surface area (Å²) in [5.74, 6) is -0.335. The van der Waals surface area contributed by atoms with Crippen LogP contribution in [-0.4, -0.2) is 24.1 Å². The molecule has 0 atom stereocenters. The normalized spacial score (nSPS) is 15.7. The first kappa shape index (κ1) is 13.8. The molecule has 6 heteroatoms. The minimum Gasteiger partial charge on any atom is -0.486 e. The summed E-state index contributed by atoms with van der Waals surface area (Å²) in [5, 5.41) is 5.37. The fraction of sp³-hybridized carbons (Fsp3) is 0.133. The number of Topliss-reactive ketones (excluding diaryl/α,β-unsaturated/α-hetero) is 1. The van der Waals surface area contributed by atoms with Crippen LogP contribution in [0.5, 0.6) is 5.75 Å². The summed E-state index contributed by atoms with van der Waals surface area (Å²) in [5.41, 5.74) is 0.496. The molecule has 0 bridgehead atoms. The molecule has 106 valence electrons. The second kappa shape index (κ2) is 5.29. The maximum Gasteiger partial charge on any atom is 0.331 e. The minimum atomic E-state index is -0.579. The number of ketones is 1. The Morgan fingerprint density at radius 2 is 2.14 bits per heavy atom. The average Bonchev–Trinajstić information content (AvgIpc) is 2.45. The first-order chi connectivity index (χ1) is 10.1. The van der Waals surface area contributed by atoms with Crippen LogP contribution in [0.1, 0.15) is 17.3 Å². The zero-order chi connectivity index (χ0) is 15.0. The molecule has 1 aliphatic heterocycles.